The molecule has 1 fully saturated rings. The average molecular weight is 245 g/mol. The van der Waals surface area contributed by atoms with Crippen LogP contribution in [0.4, 0.5) is 0 Å². The molecule has 0 unspecified atom stereocenters. The second-order valence-electron chi connectivity index (χ2n) is 4.92. The number of fused-ring (bicyclic) bond motifs is 1. The molecule has 0 bridgehead atoms. The Morgan fingerprint density at radius 3 is 2.89 bits per heavy atom. The van der Waals surface area contributed by atoms with Gasteiger partial charge in [0.1, 0.15) is 17.1 Å². The smallest absolute Gasteiger partial charge is 0.134 e. The van der Waals surface area contributed by atoms with E-state index in [0.29, 0.717) is 12.5 Å². The summed E-state index contributed by atoms with van der Waals surface area (Å²) < 4.78 is 11.5. The third-order valence-electron chi connectivity index (χ3n) is 3.42. The van der Waals surface area contributed by atoms with E-state index in [4.69, 9.17) is 14.9 Å². The van der Waals surface area contributed by atoms with Gasteiger partial charge in [-0.1, -0.05) is 6.92 Å². The Morgan fingerprint density at radius 2 is 2.22 bits per heavy atom. The molecule has 0 radical (unpaired) electrons. The van der Waals surface area contributed by atoms with Gasteiger partial charge in [-0.15, -0.1) is 0 Å². The van der Waals surface area contributed by atoms with E-state index in [1.165, 1.54) is 23.8 Å². The van der Waals surface area contributed by atoms with Crippen molar-refractivity contribution in [3.05, 3.63) is 29.5 Å². The summed E-state index contributed by atoms with van der Waals surface area (Å²) in [6.45, 7) is 3.34. The van der Waals surface area contributed by atoms with E-state index >= 15 is 0 Å². The maximum absolute atomic E-state index is 5.83. The first-order valence-corrected chi connectivity index (χ1v) is 6.71. The Hall–Kier alpha value is -1.48. The van der Waals surface area contributed by atoms with Gasteiger partial charge >= 0.3 is 0 Å². The van der Waals surface area contributed by atoms with E-state index in [1.807, 2.05) is 12.1 Å². The highest BCUT2D eigenvalue weighted by Crippen LogP contribution is 2.46. The lowest BCUT2D eigenvalue weighted by Crippen LogP contribution is -1.97. The molecule has 0 saturated heterocycles. The molecule has 0 aliphatic heterocycles. The van der Waals surface area contributed by atoms with Crippen LogP contribution in [0.5, 0.6) is 5.75 Å². The van der Waals surface area contributed by atoms with Gasteiger partial charge in [-0.25, -0.2) is 0 Å². The fourth-order valence-corrected chi connectivity index (χ4v) is 2.43. The summed E-state index contributed by atoms with van der Waals surface area (Å²) in [6, 6.07) is 6.06. The molecule has 2 aromatic rings. The normalized spacial score (nSPS) is 15.2. The van der Waals surface area contributed by atoms with Crippen LogP contribution in [-0.2, 0) is 6.54 Å². The van der Waals surface area contributed by atoms with Crippen LogP contribution in [0.15, 0.2) is 22.6 Å². The standard InChI is InChI=1S/C15H19NO2/c1-2-7-17-11-5-6-13-12(8-11)15(10-3-4-10)14(9-16)18-13/h5-6,8,10H,2-4,7,9,16H2,1H3. The van der Waals surface area contributed by atoms with Gasteiger partial charge in [-0.05, 0) is 43.4 Å². The maximum Gasteiger partial charge on any atom is 0.134 e. The Kier molecular flexibility index (Phi) is 3.00. The van der Waals surface area contributed by atoms with Gasteiger partial charge in [0.15, 0.2) is 0 Å². The summed E-state index contributed by atoms with van der Waals surface area (Å²) >= 11 is 0. The van der Waals surface area contributed by atoms with Crippen molar-refractivity contribution in [1.82, 2.24) is 0 Å². The van der Waals surface area contributed by atoms with Crippen molar-refractivity contribution >= 4 is 11.0 Å². The highest BCUT2D eigenvalue weighted by molar-refractivity contribution is 5.84. The molecule has 0 spiro atoms. The fourth-order valence-electron chi connectivity index (χ4n) is 2.43. The van der Waals surface area contributed by atoms with Crippen molar-refractivity contribution in [1.29, 1.82) is 0 Å². The highest BCUT2D eigenvalue weighted by Gasteiger charge is 2.30. The lowest BCUT2D eigenvalue weighted by molar-refractivity contribution is 0.318. The first-order valence-electron chi connectivity index (χ1n) is 6.71. The molecule has 1 heterocycles. The van der Waals surface area contributed by atoms with Crippen molar-refractivity contribution in [3.63, 3.8) is 0 Å². The minimum Gasteiger partial charge on any atom is -0.494 e. The summed E-state index contributed by atoms with van der Waals surface area (Å²) in [5, 5.41) is 1.19. The fraction of sp³-hybridized carbons (Fsp3) is 0.467. The van der Waals surface area contributed by atoms with Gasteiger partial charge in [-0.3, -0.25) is 0 Å². The molecule has 1 aromatic carbocycles. The topological polar surface area (TPSA) is 48.4 Å². The molecule has 0 amide bonds. The molecule has 18 heavy (non-hydrogen) atoms. The van der Waals surface area contributed by atoms with Crippen LogP contribution in [0.2, 0.25) is 0 Å². The Morgan fingerprint density at radius 1 is 1.39 bits per heavy atom. The number of benzene rings is 1. The van der Waals surface area contributed by atoms with Crippen LogP contribution < -0.4 is 10.5 Å². The van der Waals surface area contributed by atoms with Crippen LogP contribution in [-0.4, -0.2) is 6.61 Å². The summed E-state index contributed by atoms with van der Waals surface area (Å²) in [4.78, 5) is 0. The van der Waals surface area contributed by atoms with Gasteiger partial charge in [0.2, 0.25) is 0 Å². The van der Waals surface area contributed by atoms with E-state index < -0.39 is 0 Å². The van der Waals surface area contributed by atoms with Crippen molar-refractivity contribution in [3.8, 4) is 5.75 Å². The van der Waals surface area contributed by atoms with Crippen LogP contribution in [0.1, 0.15) is 43.4 Å². The quantitative estimate of drug-likeness (QED) is 0.876. The Bertz CT molecular complexity index is 555. The molecule has 96 valence electrons. The lowest BCUT2D eigenvalue weighted by atomic mass is 10.1. The summed E-state index contributed by atoms with van der Waals surface area (Å²) in [5.74, 6) is 2.52. The first-order chi connectivity index (χ1) is 8.83. The zero-order valence-corrected chi connectivity index (χ0v) is 10.7. The van der Waals surface area contributed by atoms with Crippen LogP contribution in [0.3, 0.4) is 0 Å². The lowest BCUT2D eigenvalue weighted by Gasteiger charge is -2.04. The van der Waals surface area contributed by atoms with Crippen molar-refractivity contribution < 1.29 is 9.15 Å². The molecule has 2 N–H and O–H groups in total. The number of rotatable bonds is 5. The second-order valence-corrected chi connectivity index (χ2v) is 4.92. The van der Waals surface area contributed by atoms with Crippen LogP contribution in [0, 0.1) is 0 Å². The van der Waals surface area contributed by atoms with Gasteiger partial charge in [0, 0.05) is 10.9 Å². The number of hydrogen-bond acceptors (Lipinski definition) is 3. The van der Waals surface area contributed by atoms with E-state index in [1.54, 1.807) is 0 Å². The second kappa shape index (κ2) is 4.65. The van der Waals surface area contributed by atoms with Gasteiger partial charge in [0.05, 0.1) is 13.2 Å². The van der Waals surface area contributed by atoms with Gasteiger partial charge in [0.25, 0.3) is 0 Å². The Labute approximate surface area is 107 Å². The third-order valence-corrected chi connectivity index (χ3v) is 3.42. The minimum atomic E-state index is 0.478. The predicted molar refractivity (Wildman–Crippen MR) is 71.9 cm³/mol. The number of hydrogen-bond donors (Lipinski definition) is 1. The molecule has 3 rings (SSSR count). The monoisotopic (exact) mass is 245 g/mol. The molecule has 1 aliphatic rings. The molecule has 3 heteroatoms. The van der Waals surface area contributed by atoms with E-state index in [9.17, 15) is 0 Å². The molecule has 1 saturated carbocycles. The SMILES string of the molecule is CCCOc1ccc2oc(CN)c(C3CC3)c2c1. The van der Waals surface area contributed by atoms with E-state index in [0.717, 1.165) is 30.1 Å². The molecule has 1 aliphatic carbocycles. The predicted octanol–water partition coefficient (Wildman–Crippen LogP) is 3.56. The summed E-state index contributed by atoms with van der Waals surface area (Å²) in [7, 11) is 0. The van der Waals surface area contributed by atoms with E-state index in [-0.39, 0.29) is 0 Å². The average Bonchev–Trinajstić information content (AvgIpc) is 3.16. The largest absolute Gasteiger partial charge is 0.494 e. The first kappa shape index (κ1) is 11.6. The highest BCUT2D eigenvalue weighted by atomic mass is 16.5. The summed E-state index contributed by atoms with van der Waals surface area (Å²) in [5.41, 5.74) is 8.02. The molecule has 1 aromatic heterocycles. The Balaban J connectivity index is 2.04. The zero-order valence-electron chi connectivity index (χ0n) is 10.7. The number of furan rings is 1. The van der Waals surface area contributed by atoms with Crippen molar-refractivity contribution in [2.24, 2.45) is 5.73 Å². The number of ether oxygens (including phenoxy) is 1. The minimum absolute atomic E-state index is 0.478. The molecular formula is C15H19NO2. The molecule has 3 nitrogen and oxygen atoms in total. The van der Waals surface area contributed by atoms with Gasteiger partial charge in [-0.2, -0.15) is 0 Å². The summed E-state index contributed by atoms with van der Waals surface area (Å²) in [6.07, 6.45) is 3.52. The van der Waals surface area contributed by atoms with Crippen molar-refractivity contribution in [2.75, 3.05) is 6.61 Å². The third kappa shape index (κ3) is 1.99. The van der Waals surface area contributed by atoms with E-state index in [2.05, 4.69) is 13.0 Å². The number of nitrogens with two attached hydrogens (primary N) is 1. The van der Waals surface area contributed by atoms with Crippen LogP contribution >= 0.6 is 0 Å². The zero-order chi connectivity index (χ0) is 12.5. The van der Waals surface area contributed by atoms with Gasteiger partial charge < -0.3 is 14.9 Å². The van der Waals surface area contributed by atoms with Crippen molar-refractivity contribution in [2.45, 2.75) is 38.6 Å². The van der Waals surface area contributed by atoms with Crippen LogP contribution in [0.25, 0.3) is 11.0 Å². The molecule has 0 atom stereocenters. The molecular weight excluding hydrogens is 226 g/mol. The maximum atomic E-state index is 5.83.